The molecular formula is C13H12ClLiS. The summed E-state index contributed by atoms with van der Waals surface area (Å²) < 4.78 is 0. The summed E-state index contributed by atoms with van der Waals surface area (Å²) in [5.41, 5.74) is 1.16. The summed E-state index contributed by atoms with van der Waals surface area (Å²) in [5.74, 6) is 0. The predicted octanol–water partition coefficient (Wildman–Crippen LogP) is 1.36. The van der Waals surface area contributed by atoms with E-state index in [2.05, 4.69) is 25.1 Å². The molecule has 0 saturated carbocycles. The summed E-state index contributed by atoms with van der Waals surface area (Å²) in [6.07, 6.45) is 2.03. The number of benzene rings is 1. The molecule has 0 bridgehead atoms. The van der Waals surface area contributed by atoms with Crippen LogP contribution in [0, 0.1) is 6.07 Å². The molecule has 16 heavy (non-hydrogen) atoms. The molecule has 0 unspecified atom stereocenters. The zero-order valence-corrected chi connectivity index (χ0v) is 11.2. The van der Waals surface area contributed by atoms with Gasteiger partial charge in [-0.25, -0.2) is 0 Å². The number of rotatable bonds is 3. The van der Waals surface area contributed by atoms with Gasteiger partial charge in [0.25, 0.3) is 0 Å². The van der Waals surface area contributed by atoms with Crippen molar-refractivity contribution in [2.45, 2.75) is 19.8 Å². The second-order valence-corrected chi connectivity index (χ2v) is 5.08. The monoisotopic (exact) mass is 242 g/mol. The first-order chi connectivity index (χ1) is 7.29. The van der Waals surface area contributed by atoms with E-state index in [1.54, 1.807) is 0 Å². The van der Waals surface area contributed by atoms with Crippen molar-refractivity contribution < 1.29 is 18.9 Å². The minimum Gasteiger partial charge on any atom is -0.183 e. The maximum absolute atomic E-state index is 6.10. The van der Waals surface area contributed by atoms with Crippen LogP contribution in [0.1, 0.15) is 22.2 Å². The van der Waals surface area contributed by atoms with Gasteiger partial charge in [-0.1, -0.05) is 11.9 Å². The second-order valence-electron chi connectivity index (χ2n) is 3.42. The second kappa shape index (κ2) is 6.52. The third-order valence-electron chi connectivity index (χ3n) is 2.32. The van der Waals surface area contributed by atoms with Gasteiger partial charge in [-0.15, -0.1) is 28.5 Å². The van der Waals surface area contributed by atoms with Crippen LogP contribution in [0.25, 0.3) is 0 Å². The number of hydrogen-bond acceptors (Lipinski definition) is 1. The standard InChI is InChI=1S/C13H12ClS.Li/c1-2-11-7-8-12(15-11)9-10-5-3-4-6-13(10)14;/h4-8H,2,9H2,1H3;/q-1;+1. The van der Waals surface area contributed by atoms with Gasteiger partial charge in [-0.3, -0.25) is 0 Å². The van der Waals surface area contributed by atoms with Crippen LogP contribution in [-0.4, -0.2) is 0 Å². The fourth-order valence-corrected chi connectivity index (χ4v) is 2.64. The largest absolute Gasteiger partial charge is 1.00 e. The Morgan fingerprint density at radius 1 is 1.25 bits per heavy atom. The van der Waals surface area contributed by atoms with E-state index in [-0.39, 0.29) is 18.9 Å². The number of hydrogen-bond donors (Lipinski definition) is 0. The van der Waals surface area contributed by atoms with Crippen molar-refractivity contribution in [2.75, 3.05) is 0 Å². The molecule has 0 aliphatic rings. The summed E-state index contributed by atoms with van der Waals surface area (Å²) in [7, 11) is 0. The quantitative estimate of drug-likeness (QED) is 0.563. The van der Waals surface area contributed by atoms with E-state index in [4.69, 9.17) is 11.6 Å². The van der Waals surface area contributed by atoms with E-state index in [0.29, 0.717) is 0 Å². The maximum Gasteiger partial charge on any atom is 1.00 e. The normalized spacial score (nSPS) is 9.88. The van der Waals surface area contributed by atoms with Crippen LogP contribution in [0.15, 0.2) is 30.3 Å². The topological polar surface area (TPSA) is 0 Å². The molecule has 0 atom stereocenters. The SMILES string of the molecule is CCc1ccc(Cc2c[c-]ccc2Cl)s1.[Li+]. The van der Waals surface area contributed by atoms with Crippen molar-refractivity contribution in [3.63, 3.8) is 0 Å². The molecule has 0 saturated heterocycles. The van der Waals surface area contributed by atoms with E-state index < -0.39 is 0 Å². The summed E-state index contributed by atoms with van der Waals surface area (Å²) >= 11 is 7.96. The average molecular weight is 243 g/mol. The summed E-state index contributed by atoms with van der Waals surface area (Å²) in [4.78, 5) is 2.80. The van der Waals surface area contributed by atoms with E-state index >= 15 is 0 Å². The Hall–Kier alpha value is -0.193. The first-order valence-corrected chi connectivity index (χ1v) is 6.21. The van der Waals surface area contributed by atoms with Gasteiger partial charge < -0.3 is 0 Å². The fourth-order valence-electron chi connectivity index (χ4n) is 1.48. The molecule has 0 aliphatic heterocycles. The van der Waals surface area contributed by atoms with E-state index in [9.17, 15) is 0 Å². The number of thiophene rings is 1. The molecule has 2 aromatic rings. The Balaban J connectivity index is 0.00000128. The van der Waals surface area contributed by atoms with Crippen LogP contribution in [0.3, 0.4) is 0 Å². The summed E-state index contributed by atoms with van der Waals surface area (Å²) in [5, 5.41) is 0.834. The van der Waals surface area contributed by atoms with Crippen LogP contribution >= 0.6 is 22.9 Å². The molecular weight excluding hydrogens is 231 g/mol. The molecule has 0 aliphatic carbocycles. The fraction of sp³-hybridized carbons (Fsp3) is 0.231. The summed E-state index contributed by atoms with van der Waals surface area (Å²) in [6, 6.07) is 13.2. The van der Waals surface area contributed by atoms with Gasteiger partial charge in [0.2, 0.25) is 0 Å². The molecule has 1 aromatic carbocycles. The molecule has 0 radical (unpaired) electrons. The molecule has 0 N–H and O–H groups in total. The first-order valence-electron chi connectivity index (χ1n) is 5.01. The van der Waals surface area contributed by atoms with E-state index in [1.165, 1.54) is 9.75 Å². The van der Waals surface area contributed by atoms with Gasteiger partial charge in [0, 0.05) is 4.88 Å². The minimum atomic E-state index is 0. The number of aryl methyl sites for hydroxylation is 1. The molecule has 3 heteroatoms. The Bertz CT molecular complexity index is 451. The van der Waals surface area contributed by atoms with Crippen LogP contribution in [-0.2, 0) is 12.8 Å². The minimum absolute atomic E-state index is 0. The van der Waals surface area contributed by atoms with E-state index in [1.807, 2.05) is 29.5 Å². The van der Waals surface area contributed by atoms with Crippen molar-refractivity contribution in [2.24, 2.45) is 0 Å². The Kier molecular flexibility index (Phi) is 5.65. The molecule has 1 aromatic heterocycles. The molecule has 0 nitrogen and oxygen atoms in total. The number of halogens is 1. The maximum atomic E-state index is 6.10. The Morgan fingerprint density at radius 3 is 2.62 bits per heavy atom. The zero-order chi connectivity index (χ0) is 10.7. The van der Waals surface area contributed by atoms with Gasteiger partial charge in [-0.05, 0) is 29.9 Å². The third-order valence-corrected chi connectivity index (χ3v) is 3.92. The van der Waals surface area contributed by atoms with Crippen LogP contribution in [0.5, 0.6) is 0 Å². The molecule has 2 rings (SSSR count). The van der Waals surface area contributed by atoms with Crippen molar-refractivity contribution in [1.29, 1.82) is 0 Å². The van der Waals surface area contributed by atoms with Crippen molar-refractivity contribution in [3.8, 4) is 0 Å². The van der Waals surface area contributed by atoms with Crippen LogP contribution in [0.4, 0.5) is 0 Å². The van der Waals surface area contributed by atoms with Gasteiger partial charge in [0.15, 0.2) is 0 Å². The molecule has 0 spiro atoms. The smallest absolute Gasteiger partial charge is 0.183 e. The van der Waals surface area contributed by atoms with Crippen LogP contribution < -0.4 is 18.9 Å². The first kappa shape index (κ1) is 13.9. The third kappa shape index (κ3) is 3.40. The van der Waals surface area contributed by atoms with E-state index in [0.717, 1.165) is 23.4 Å². The Morgan fingerprint density at radius 2 is 2.00 bits per heavy atom. The zero-order valence-electron chi connectivity index (χ0n) is 9.59. The van der Waals surface area contributed by atoms with Crippen molar-refractivity contribution in [3.05, 3.63) is 56.7 Å². The molecule has 0 amide bonds. The Labute approximate surface area is 118 Å². The van der Waals surface area contributed by atoms with Gasteiger partial charge in [0.05, 0.1) is 0 Å². The molecule has 1 heterocycles. The molecule has 0 fully saturated rings. The van der Waals surface area contributed by atoms with Gasteiger partial charge >= 0.3 is 18.9 Å². The van der Waals surface area contributed by atoms with Gasteiger partial charge in [-0.2, -0.15) is 24.3 Å². The van der Waals surface area contributed by atoms with Crippen LogP contribution in [0.2, 0.25) is 5.02 Å². The van der Waals surface area contributed by atoms with Crippen molar-refractivity contribution >= 4 is 22.9 Å². The van der Waals surface area contributed by atoms with Crippen molar-refractivity contribution in [1.82, 2.24) is 0 Å². The predicted molar refractivity (Wildman–Crippen MR) is 66.8 cm³/mol. The average Bonchev–Trinajstić information content (AvgIpc) is 2.69. The van der Waals surface area contributed by atoms with Gasteiger partial charge in [0.1, 0.15) is 0 Å². The molecule has 78 valence electrons. The summed E-state index contributed by atoms with van der Waals surface area (Å²) in [6.45, 7) is 2.18.